The Balaban J connectivity index is 1.58. The van der Waals surface area contributed by atoms with Gasteiger partial charge in [-0.05, 0) is 42.7 Å². The molecule has 1 unspecified atom stereocenters. The van der Waals surface area contributed by atoms with Crippen molar-refractivity contribution in [2.75, 3.05) is 20.2 Å². The van der Waals surface area contributed by atoms with Crippen molar-refractivity contribution in [3.63, 3.8) is 0 Å². The van der Waals surface area contributed by atoms with E-state index in [0.29, 0.717) is 19.5 Å². The van der Waals surface area contributed by atoms with Crippen LogP contribution in [-0.2, 0) is 9.63 Å². The maximum atomic E-state index is 12.3. The molecule has 0 aromatic heterocycles. The normalized spacial score (nSPS) is 19.7. The third kappa shape index (κ3) is 3.73. The highest BCUT2D eigenvalue weighted by Crippen LogP contribution is 2.31. The van der Waals surface area contributed by atoms with Crippen molar-refractivity contribution in [3.8, 4) is 5.75 Å². The molecular weight excluding hydrogens is 292 g/mol. The summed E-state index contributed by atoms with van der Waals surface area (Å²) >= 11 is 0. The first-order valence-electron chi connectivity index (χ1n) is 7.98. The topological polar surface area (TPSA) is 51.1 Å². The van der Waals surface area contributed by atoms with E-state index in [1.807, 2.05) is 29.2 Å². The number of amides is 1. The van der Waals surface area contributed by atoms with Crippen LogP contribution in [0.5, 0.6) is 5.75 Å². The molecule has 0 radical (unpaired) electrons. The number of oxime groups is 1. The minimum absolute atomic E-state index is 0.0882. The van der Waals surface area contributed by atoms with Crippen LogP contribution in [0.1, 0.15) is 24.8 Å². The summed E-state index contributed by atoms with van der Waals surface area (Å²) in [4.78, 5) is 19.6. The second-order valence-corrected chi connectivity index (χ2v) is 6.00. The van der Waals surface area contributed by atoms with Crippen molar-refractivity contribution in [3.05, 3.63) is 42.5 Å². The van der Waals surface area contributed by atoms with Gasteiger partial charge in [-0.3, -0.25) is 4.79 Å². The van der Waals surface area contributed by atoms with E-state index >= 15 is 0 Å². The lowest BCUT2D eigenvalue weighted by Crippen LogP contribution is -2.38. The molecule has 1 amide bonds. The molecule has 1 aromatic rings. The Hall–Kier alpha value is -2.30. The summed E-state index contributed by atoms with van der Waals surface area (Å²) in [7, 11) is 1.65. The molecule has 0 N–H and O–H groups in total. The standard InChI is InChI=1S/C18H22N2O3/c1-3-10-20(18(21)14-4-5-14)12-16-11-17(19-23-16)13-6-8-15(22-2)9-7-13/h3,6-9,14,16H,1,4-5,10-12H2,2H3. The molecule has 1 fully saturated rings. The summed E-state index contributed by atoms with van der Waals surface area (Å²) in [5.41, 5.74) is 1.94. The lowest BCUT2D eigenvalue weighted by molar-refractivity contribution is -0.133. The highest BCUT2D eigenvalue weighted by Gasteiger charge is 2.35. The van der Waals surface area contributed by atoms with Gasteiger partial charge in [0.05, 0.1) is 19.4 Å². The zero-order valence-electron chi connectivity index (χ0n) is 13.4. The Morgan fingerprint density at radius 2 is 2.17 bits per heavy atom. The van der Waals surface area contributed by atoms with E-state index in [1.54, 1.807) is 13.2 Å². The van der Waals surface area contributed by atoms with Crippen molar-refractivity contribution >= 4 is 11.6 Å². The van der Waals surface area contributed by atoms with Gasteiger partial charge in [-0.2, -0.15) is 0 Å². The van der Waals surface area contributed by atoms with E-state index in [2.05, 4.69) is 11.7 Å². The predicted octanol–water partition coefficient (Wildman–Crippen LogP) is 2.61. The van der Waals surface area contributed by atoms with Crippen LogP contribution in [0.15, 0.2) is 42.1 Å². The van der Waals surface area contributed by atoms with E-state index in [-0.39, 0.29) is 17.9 Å². The highest BCUT2D eigenvalue weighted by atomic mass is 16.6. The molecule has 3 rings (SSSR count). The number of hydrogen-bond donors (Lipinski definition) is 0. The summed E-state index contributed by atoms with van der Waals surface area (Å²) in [6.07, 6.45) is 4.39. The second-order valence-electron chi connectivity index (χ2n) is 6.00. The third-order valence-electron chi connectivity index (χ3n) is 4.17. The molecule has 1 saturated carbocycles. The quantitative estimate of drug-likeness (QED) is 0.727. The zero-order valence-corrected chi connectivity index (χ0v) is 13.4. The fourth-order valence-corrected chi connectivity index (χ4v) is 2.72. The van der Waals surface area contributed by atoms with Crippen LogP contribution in [0, 0.1) is 5.92 Å². The van der Waals surface area contributed by atoms with Crippen molar-refractivity contribution in [2.45, 2.75) is 25.4 Å². The van der Waals surface area contributed by atoms with Gasteiger partial charge in [-0.25, -0.2) is 0 Å². The van der Waals surface area contributed by atoms with E-state index < -0.39 is 0 Å². The highest BCUT2D eigenvalue weighted by molar-refractivity contribution is 6.01. The summed E-state index contributed by atoms with van der Waals surface area (Å²) in [6, 6.07) is 7.76. The maximum absolute atomic E-state index is 12.3. The van der Waals surface area contributed by atoms with Gasteiger partial charge in [0.1, 0.15) is 5.75 Å². The van der Waals surface area contributed by atoms with Crippen LogP contribution in [0.4, 0.5) is 0 Å². The van der Waals surface area contributed by atoms with Gasteiger partial charge in [0.25, 0.3) is 0 Å². The van der Waals surface area contributed by atoms with Gasteiger partial charge < -0.3 is 14.5 Å². The van der Waals surface area contributed by atoms with Crippen LogP contribution in [0.25, 0.3) is 0 Å². The number of nitrogens with zero attached hydrogens (tertiary/aromatic N) is 2. The lowest BCUT2D eigenvalue weighted by atomic mass is 10.0. The van der Waals surface area contributed by atoms with Crippen LogP contribution < -0.4 is 4.74 Å². The molecule has 1 aliphatic carbocycles. The van der Waals surface area contributed by atoms with Crippen LogP contribution >= 0.6 is 0 Å². The summed E-state index contributed by atoms with van der Waals surface area (Å²) in [5.74, 6) is 1.24. The van der Waals surface area contributed by atoms with Gasteiger partial charge in [-0.1, -0.05) is 11.2 Å². The molecule has 2 aliphatic rings. The fraction of sp³-hybridized carbons (Fsp3) is 0.444. The first kappa shape index (κ1) is 15.6. The van der Waals surface area contributed by atoms with E-state index in [1.165, 1.54) is 0 Å². The molecule has 5 nitrogen and oxygen atoms in total. The van der Waals surface area contributed by atoms with Gasteiger partial charge in [-0.15, -0.1) is 6.58 Å². The summed E-state index contributed by atoms with van der Waals surface area (Å²) < 4.78 is 5.16. The van der Waals surface area contributed by atoms with Crippen molar-refractivity contribution < 1.29 is 14.4 Å². The molecule has 1 aromatic carbocycles. The average Bonchev–Trinajstić information content (AvgIpc) is 3.33. The number of ether oxygens (including phenoxy) is 1. The van der Waals surface area contributed by atoms with Crippen molar-refractivity contribution in [1.82, 2.24) is 4.90 Å². The number of benzene rings is 1. The number of rotatable bonds is 7. The molecule has 1 heterocycles. The average molecular weight is 314 g/mol. The van der Waals surface area contributed by atoms with Gasteiger partial charge in [0, 0.05) is 18.9 Å². The number of carbonyl (C=O) groups is 1. The number of methoxy groups -OCH3 is 1. The molecule has 0 saturated heterocycles. The Morgan fingerprint density at radius 3 is 2.78 bits per heavy atom. The van der Waals surface area contributed by atoms with Crippen LogP contribution in [-0.4, -0.2) is 42.8 Å². The predicted molar refractivity (Wildman–Crippen MR) is 88.5 cm³/mol. The fourth-order valence-electron chi connectivity index (χ4n) is 2.72. The molecule has 1 aliphatic heterocycles. The minimum atomic E-state index is -0.0882. The molecule has 0 bridgehead atoms. The lowest BCUT2D eigenvalue weighted by Gasteiger charge is -2.23. The van der Waals surface area contributed by atoms with Crippen LogP contribution in [0.3, 0.4) is 0 Å². The Bertz CT molecular complexity index is 605. The molecule has 23 heavy (non-hydrogen) atoms. The number of hydrogen-bond acceptors (Lipinski definition) is 4. The van der Waals surface area contributed by atoms with Crippen LogP contribution in [0.2, 0.25) is 0 Å². The largest absolute Gasteiger partial charge is 0.497 e. The first-order valence-corrected chi connectivity index (χ1v) is 7.98. The smallest absolute Gasteiger partial charge is 0.226 e. The van der Waals surface area contributed by atoms with E-state index in [9.17, 15) is 4.79 Å². The van der Waals surface area contributed by atoms with Gasteiger partial charge >= 0.3 is 0 Å². The van der Waals surface area contributed by atoms with Crippen molar-refractivity contribution in [2.24, 2.45) is 11.1 Å². The molecule has 5 heteroatoms. The minimum Gasteiger partial charge on any atom is -0.497 e. The molecular formula is C18H22N2O3. The van der Waals surface area contributed by atoms with E-state index in [4.69, 9.17) is 9.57 Å². The molecule has 0 spiro atoms. The van der Waals surface area contributed by atoms with Gasteiger partial charge in [0.15, 0.2) is 6.10 Å². The summed E-state index contributed by atoms with van der Waals surface area (Å²) in [5, 5.41) is 4.19. The molecule has 1 atom stereocenters. The second kappa shape index (κ2) is 6.86. The van der Waals surface area contributed by atoms with E-state index in [0.717, 1.165) is 29.9 Å². The van der Waals surface area contributed by atoms with Crippen molar-refractivity contribution in [1.29, 1.82) is 0 Å². The van der Waals surface area contributed by atoms with Gasteiger partial charge in [0.2, 0.25) is 5.91 Å². The maximum Gasteiger partial charge on any atom is 0.226 e. The SMILES string of the molecule is C=CCN(CC1CC(c2ccc(OC)cc2)=NO1)C(=O)C1CC1. The Labute approximate surface area is 136 Å². The summed E-state index contributed by atoms with van der Waals surface area (Å²) in [6.45, 7) is 4.86. The zero-order chi connectivity index (χ0) is 16.2. The third-order valence-corrected chi connectivity index (χ3v) is 4.17. The first-order chi connectivity index (χ1) is 11.2. The monoisotopic (exact) mass is 314 g/mol. The number of carbonyl (C=O) groups excluding carboxylic acids is 1. The Kier molecular flexibility index (Phi) is 4.65. The molecule has 122 valence electrons. The Morgan fingerprint density at radius 1 is 1.43 bits per heavy atom.